The number of aliphatic imine (C=N–C) groups is 1. The first-order valence-electron chi connectivity index (χ1n) is 10.3. The summed E-state index contributed by atoms with van der Waals surface area (Å²) in [6.07, 6.45) is 2.57. The van der Waals surface area contributed by atoms with Crippen LogP contribution >= 0.6 is 0 Å². The van der Waals surface area contributed by atoms with Crippen LogP contribution in [-0.2, 0) is 26.1 Å². The molecule has 3 aromatic rings. The van der Waals surface area contributed by atoms with Crippen LogP contribution in [0, 0.1) is 5.82 Å². The molecule has 0 saturated heterocycles. The zero-order valence-electron chi connectivity index (χ0n) is 18.3. The average molecular weight is 425 g/mol. The van der Waals surface area contributed by atoms with Gasteiger partial charge in [0.25, 0.3) is 0 Å². The first-order valence-corrected chi connectivity index (χ1v) is 10.3. The summed E-state index contributed by atoms with van der Waals surface area (Å²) in [4.78, 5) is 6.76. The van der Waals surface area contributed by atoms with Crippen molar-refractivity contribution in [3.05, 3.63) is 77.6 Å². The fourth-order valence-corrected chi connectivity index (χ4v) is 3.25. The third-order valence-corrected chi connectivity index (χ3v) is 4.90. The molecule has 0 aliphatic heterocycles. The van der Waals surface area contributed by atoms with Crippen molar-refractivity contribution < 1.29 is 9.13 Å². The smallest absolute Gasteiger partial charge is 0.194 e. The molecule has 0 aliphatic rings. The maximum atomic E-state index is 14.1. The Morgan fingerprint density at radius 3 is 2.71 bits per heavy atom. The molecule has 31 heavy (non-hydrogen) atoms. The summed E-state index contributed by atoms with van der Waals surface area (Å²) >= 11 is 0. The maximum absolute atomic E-state index is 14.1. The number of benzene rings is 2. The Morgan fingerprint density at radius 1 is 1.19 bits per heavy atom. The van der Waals surface area contributed by atoms with Crippen molar-refractivity contribution in [2.45, 2.75) is 33.0 Å². The minimum Gasteiger partial charge on any atom is -0.494 e. The molecule has 1 N–H and O–H groups in total. The van der Waals surface area contributed by atoms with Crippen LogP contribution in [0.1, 0.15) is 23.9 Å². The van der Waals surface area contributed by atoms with Crippen LogP contribution in [0.3, 0.4) is 0 Å². The van der Waals surface area contributed by atoms with E-state index >= 15 is 0 Å². The Balaban J connectivity index is 1.70. The lowest BCUT2D eigenvalue weighted by Gasteiger charge is -2.23. The summed E-state index contributed by atoms with van der Waals surface area (Å²) in [6.45, 7) is 4.51. The van der Waals surface area contributed by atoms with E-state index in [9.17, 15) is 4.39 Å². The summed E-state index contributed by atoms with van der Waals surface area (Å²) in [5, 5.41) is 11.5. The second-order valence-corrected chi connectivity index (χ2v) is 7.17. The van der Waals surface area contributed by atoms with E-state index in [-0.39, 0.29) is 11.6 Å². The van der Waals surface area contributed by atoms with Gasteiger partial charge in [-0.15, -0.1) is 10.2 Å². The molecular formula is C23H29FN6O. The zero-order chi connectivity index (χ0) is 22.1. The van der Waals surface area contributed by atoms with E-state index in [4.69, 9.17) is 9.73 Å². The molecule has 164 valence electrons. The normalized spacial score (nSPS) is 11.4. The molecule has 0 aliphatic carbocycles. The molecule has 0 bridgehead atoms. The van der Waals surface area contributed by atoms with Gasteiger partial charge < -0.3 is 19.5 Å². The standard InChI is InChI=1S/C23H29FN6O/c1-4-22-28-27-17-30(22)13-12-25-23(26-15-18-8-6-5-7-9-18)29(2)16-19-10-11-21(31-3)20(24)14-19/h5-11,14,17H,4,12-13,15-16H2,1-3H3,(H,25,26). The van der Waals surface area contributed by atoms with Crippen molar-refractivity contribution in [2.24, 2.45) is 4.99 Å². The summed E-state index contributed by atoms with van der Waals surface area (Å²) < 4.78 is 21.1. The van der Waals surface area contributed by atoms with Crippen molar-refractivity contribution in [3.8, 4) is 5.75 Å². The van der Waals surface area contributed by atoms with Crippen molar-refractivity contribution >= 4 is 5.96 Å². The monoisotopic (exact) mass is 424 g/mol. The Morgan fingerprint density at radius 2 is 2.00 bits per heavy atom. The Bertz CT molecular complexity index is 989. The Hall–Kier alpha value is -3.42. The highest BCUT2D eigenvalue weighted by Crippen LogP contribution is 2.18. The summed E-state index contributed by atoms with van der Waals surface area (Å²) in [7, 11) is 3.40. The van der Waals surface area contributed by atoms with Gasteiger partial charge in [-0.05, 0) is 23.3 Å². The van der Waals surface area contributed by atoms with Gasteiger partial charge in [-0.25, -0.2) is 9.38 Å². The molecule has 1 aromatic heterocycles. The number of hydrogen-bond acceptors (Lipinski definition) is 4. The van der Waals surface area contributed by atoms with Crippen LogP contribution in [0.15, 0.2) is 59.9 Å². The molecule has 3 rings (SSSR count). The van der Waals surface area contributed by atoms with Gasteiger partial charge in [0.05, 0.1) is 13.7 Å². The molecule has 0 radical (unpaired) electrons. The van der Waals surface area contributed by atoms with E-state index in [2.05, 4.69) is 22.4 Å². The van der Waals surface area contributed by atoms with E-state index in [1.54, 1.807) is 12.4 Å². The topological polar surface area (TPSA) is 67.6 Å². The average Bonchev–Trinajstić information content (AvgIpc) is 3.24. The van der Waals surface area contributed by atoms with Gasteiger partial charge >= 0.3 is 0 Å². The fraction of sp³-hybridized carbons (Fsp3) is 0.348. The second kappa shape index (κ2) is 11.1. The largest absolute Gasteiger partial charge is 0.494 e. The number of methoxy groups -OCH3 is 1. The number of guanidine groups is 1. The maximum Gasteiger partial charge on any atom is 0.194 e. The highest BCUT2D eigenvalue weighted by Gasteiger charge is 2.10. The third-order valence-electron chi connectivity index (χ3n) is 4.90. The number of hydrogen-bond donors (Lipinski definition) is 1. The Labute approximate surface area is 182 Å². The van der Waals surface area contributed by atoms with Crippen molar-refractivity contribution in [3.63, 3.8) is 0 Å². The van der Waals surface area contributed by atoms with Crippen LogP contribution < -0.4 is 10.1 Å². The van der Waals surface area contributed by atoms with Gasteiger partial charge in [0, 0.05) is 33.1 Å². The summed E-state index contributed by atoms with van der Waals surface area (Å²) in [6, 6.07) is 15.1. The molecule has 0 spiro atoms. The quantitative estimate of drug-likeness (QED) is 0.422. The molecule has 0 saturated carbocycles. The molecule has 1 heterocycles. The number of nitrogens with one attached hydrogen (secondary N) is 1. The van der Waals surface area contributed by atoms with Crippen LogP contribution in [0.2, 0.25) is 0 Å². The predicted molar refractivity (Wildman–Crippen MR) is 119 cm³/mol. The van der Waals surface area contributed by atoms with Crippen molar-refractivity contribution in [1.82, 2.24) is 25.0 Å². The van der Waals surface area contributed by atoms with E-state index in [1.165, 1.54) is 13.2 Å². The molecule has 0 amide bonds. The fourth-order valence-electron chi connectivity index (χ4n) is 3.25. The zero-order valence-corrected chi connectivity index (χ0v) is 18.3. The Kier molecular flexibility index (Phi) is 7.98. The summed E-state index contributed by atoms with van der Waals surface area (Å²) in [5.74, 6) is 1.56. The van der Waals surface area contributed by atoms with Gasteiger partial charge in [-0.1, -0.05) is 43.3 Å². The number of ether oxygens (including phenoxy) is 1. The lowest BCUT2D eigenvalue weighted by molar-refractivity contribution is 0.385. The molecule has 0 unspecified atom stereocenters. The third kappa shape index (κ3) is 6.28. The van der Waals surface area contributed by atoms with Crippen molar-refractivity contribution in [1.29, 1.82) is 0 Å². The van der Waals surface area contributed by atoms with Gasteiger partial charge in [0.15, 0.2) is 17.5 Å². The van der Waals surface area contributed by atoms with Gasteiger partial charge in [-0.2, -0.15) is 0 Å². The number of aromatic nitrogens is 3. The highest BCUT2D eigenvalue weighted by atomic mass is 19.1. The molecule has 8 heteroatoms. The molecule has 0 atom stereocenters. The van der Waals surface area contributed by atoms with E-state index < -0.39 is 0 Å². The first kappa shape index (κ1) is 22.3. The van der Waals surface area contributed by atoms with Gasteiger partial charge in [0.1, 0.15) is 12.2 Å². The van der Waals surface area contributed by atoms with Crippen LogP contribution in [-0.4, -0.2) is 46.3 Å². The lowest BCUT2D eigenvalue weighted by atomic mass is 10.2. The van der Waals surface area contributed by atoms with Gasteiger partial charge in [0.2, 0.25) is 0 Å². The van der Waals surface area contributed by atoms with E-state index in [1.807, 2.05) is 52.9 Å². The van der Waals surface area contributed by atoms with E-state index in [0.717, 1.165) is 35.9 Å². The predicted octanol–water partition coefficient (Wildman–Crippen LogP) is 3.27. The highest BCUT2D eigenvalue weighted by molar-refractivity contribution is 5.79. The second-order valence-electron chi connectivity index (χ2n) is 7.17. The molecule has 7 nitrogen and oxygen atoms in total. The SMILES string of the molecule is CCc1nncn1CCNC(=NCc1ccccc1)N(C)Cc1ccc(OC)c(F)c1. The van der Waals surface area contributed by atoms with Crippen LogP contribution in [0.5, 0.6) is 5.75 Å². The summed E-state index contributed by atoms with van der Waals surface area (Å²) in [5.41, 5.74) is 1.96. The minimum atomic E-state index is -0.371. The lowest BCUT2D eigenvalue weighted by Crippen LogP contribution is -2.40. The van der Waals surface area contributed by atoms with Crippen molar-refractivity contribution in [2.75, 3.05) is 20.7 Å². The molecular weight excluding hydrogens is 395 g/mol. The number of halogens is 1. The van der Waals surface area contributed by atoms with Crippen LogP contribution in [0.25, 0.3) is 0 Å². The van der Waals surface area contributed by atoms with Gasteiger partial charge in [-0.3, -0.25) is 0 Å². The van der Waals surface area contributed by atoms with Crippen LogP contribution in [0.4, 0.5) is 4.39 Å². The number of nitrogens with zero attached hydrogens (tertiary/aromatic N) is 5. The first-order chi connectivity index (χ1) is 15.1. The molecule has 2 aromatic carbocycles. The molecule has 0 fully saturated rings. The minimum absolute atomic E-state index is 0.239. The van der Waals surface area contributed by atoms with E-state index in [0.29, 0.717) is 19.6 Å². The number of rotatable bonds is 9. The number of aryl methyl sites for hydroxylation is 1.